The van der Waals surface area contributed by atoms with Crippen molar-refractivity contribution in [3.05, 3.63) is 71.2 Å². The fourth-order valence-corrected chi connectivity index (χ4v) is 2.77. The van der Waals surface area contributed by atoms with Crippen LogP contribution in [0, 0.1) is 10.8 Å². The number of rotatable bonds is 6. The van der Waals surface area contributed by atoms with Gasteiger partial charge in [0.1, 0.15) is 23.4 Å². The molecule has 6 heteroatoms. The van der Waals surface area contributed by atoms with Crippen LogP contribution in [0.2, 0.25) is 0 Å². The van der Waals surface area contributed by atoms with Crippen LogP contribution in [-0.4, -0.2) is 23.5 Å². The fourth-order valence-electron chi connectivity index (χ4n) is 2.77. The summed E-state index contributed by atoms with van der Waals surface area (Å²) in [7, 11) is 0. The molecule has 26 heavy (non-hydrogen) atoms. The fraction of sp³-hybridized carbons (Fsp3) is 0.150. The van der Waals surface area contributed by atoms with Crippen molar-refractivity contribution in [2.45, 2.75) is 13.5 Å². The molecular formula is C20H19N3O3. The predicted octanol–water partition coefficient (Wildman–Crippen LogP) is 3.33. The SMILES string of the molecule is CCOC(=O)c1c(OCc2ccccc2)c2ccccc2n(C=N)c1=N. The molecule has 0 spiro atoms. The Bertz CT molecular complexity index is 1010. The Hall–Kier alpha value is -3.41. The van der Waals surface area contributed by atoms with E-state index in [1.54, 1.807) is 19.1 Å². The molecule has 0 radical (unpaired) electrons. The van der Waals surface area contributed by atoms with Gasteiger partial charge in [-0.2, -0.15) is 0 Å². The van der Waals surface area contributed by atoms with E-state index >= 15 is 0 Å². The number of pyridine rings is 1. The molecule has 3 aromatic rings. The number of ether oxygens (including phenoxy) is 2. The van der Waals surface area contributed by atoms with Crippen molar-refractivity contribution in [3.8, 4) is 5.75 Å². The summed E-state index contributed by atoms with van der Waals surface area (Å²) >= 11 is 0. The summed E-state index contributed by atoms with van der Waals surface area (Å²) in [6.07, 6.45) is 1.01. The van der Waals surface area contributed by atoms with Crippen LogP contribution >= 0.6 is 0 Å². The molecule has 6 nitrogen and oxygen atoms in total. The Kier molecular flexibility index (Phi) is 5.12. The number of hydrogen-bond donors (Lipinski definition) is 2. The van der Waals surface area contributed by atoms with Crippen LogP contribution in [0.1, 0.15) is 22.8 Å². The summed E-state index contributed by atoms with van der Waals surface area (Å²) in [5, 5.41) is 16.7. The first-order valence-electron chi connectivity index (χ1n) is 8.23. The predicted molar refractivity (Wildman–Crippen MR) is 98.7 cm³/mol. The van der Waals surface area contributed by atoms with Gasteiger partial charge in [-0.3, -0.25) is 15.4 Å². The maximum absolute atomic E-state index is 12.5. The number of carbonyl (C=O) groups is 1. The van der Waals surface area contributed by atoms with Crippen molar-refractivity contribution in [2.24, 2.45) is 0 Å². The van der Waals surface area contributed by atoms with Crippen molar-refractivity contribution < 1.29 is 14.3 Å². The number of hydrogen-bond acceptors (Lipinski definition) is 5. The van der Waals surface area contributed by atoms with Gasteiger partial charge in [0, 0.05) is 5.39 Å². The van der Waals surface area contributed by atoms with Crippen LogP contribution < -0.4 is 10.2 Å². The van der Waals surface area contributed by atoms with Crippen LogP contribution in [0.4, 0.5) is 0 Å². The maximum Gasteiger partial charge on any atom is 0.345 e. The van der Waals surface area contributed by atoms with Gasteiger partial charge in [-0.15, -0.1) is 0 Å². The lowest BCUT2D eigenvalue weighted by molar-refractivity contribution is 0.0518. The number of benzene rings is 2. The van der Waals surface area contributed by atoms with E-state index in [1.165, 1.54) is 4.57 Å². The van der Waals surface area contributed by atoms with E-state index in [2.05, 4.69) is 0 Å². The third kappa shape index (κ3) is 3.21. The third-order valence-electron chi connectivity index (χ3n) is 3.95. The lowest BCUT2D eigenvalue weighted by Crippen LogP contribution is -2.29. The molecule has 0 bridgehead atoms. The summed E-state index contributed by atoms with van der Waals surface area (Å²) < 4.78 is 12.4. The molecule has 2 N–H and O–H groups in total. The molecular weight excluding hydrogens is 330 g/mol. The lowest BCUT2D eigenvalue weighted by Gasteiger charge is -2.17. The molecule has 2 aromatic carbocycles. The van der Waals surface area contributed by atoms with Crippen molar-refractivity contribution >= 4 is 23.2 Å². The highest BCUT2D eigenvalue weighted by molar-refractivity contribution is 6.01. The second-order valence-electron chi connectivity index (χ2n) is 5.56. The van der Waals surface area contributed by atoms with Gasteiger partial charge in [0.2, 0.25) is 0 Å². The standard InChI is InChI=1S/C20H19N3O3/c1-2-25-20(24)17-18(26-12-14-8-4-3-5-9-14)15-10-6-7-11-16(15)23(13-21)19(17)22/h3-11,13,21-22H,2,12H2,1H3. The van der Waals surface area contributed by atoms with Crippen LogP contribution in [0.5, 0.6) is 5.75 Å². The highest BCUT2D eigenvalue weighted by Crippen LogP contribution is 2.28. The van der Waals surface area contributed by atoms with Gasteiger partial charge in [-0.25, -0.2) is 4.79 Å². The minimum absolute atomic E-state index is 0.0185. The molecule has 1 heterocycles. The van der Waals surface area contributed by atoms with Crippen molar-refractivity contribution in [3.63, 3.8) is 0 Å². The smallest absolute Gasteiger partial charge is 0.345 e. The molecule has 3 rings (SSSR count). The van der Waals surface area contributed by atoms with E-state index in [0.717, 1.165) is 11.9 Å². The molecule has 0 aliphatic carbocycles. The average Bonchev–Trinajstić information content (AvgIpc) is 2.67. The Morgan fingerprint density at radius 3 is 2.50 bits per heavy atom. The van der Waals surface area contributed by atoms with E-state index in [1.807, 2.05) is 42.5 Å². The molecule has 0 saturated heterocycles. The number of nitrogens with zero attached hydrogens (tertiary/aromatic N) is 1. The molecule has 132 valence electrons. The second-order valence-corrected chi connectivity index (χ2v) is 5.56. The summed E-state index contributed by atoms with van der Waals surface area (Å²) in [6, 6.07) is 16.8. The quantitative estimate of drug-likeness (QED) is 0.406. The highest BCUT2D eigenvalue weighted by atomic mass is 16.5. The van der Waals surface area contributed by atoms with Gasteiger partial charge in [-0.1, -0.05) is 42.5 Å². The van der Waals surface area contributed by atoms with Crippen LogP contribution in [-0.2, 0) is 11.3 Å². The minimum Gasteiger partial charge on any atom is -0.487 e. The second kappa shape index (κ2) is 7.65. The number of aromatic nitrogens is 1. The summed E-state index contributed by atoms with van der Waals surface area (Å²) in [5.41, 5.74) is 1.44. The minimum atomic E-state index is -0.637. The first kappa shape index (κ1) is 17.4. The van der Waals surface area contributed by atoms with Crippen molar-refractivity contribution in [1.29, 1.82) is 10.8 Å². The van der Waals surface area contributed by atoms with E-state index in [-0.39, 0.29) is 24.3 Å². The molecule has 0 amide bonds. The molecule has 1 aromatic heterocycles. The van der Waals surface area contributed by atoms with E-state index in [4.69, 9.17) is 20.3 Å². The van der Waals surface area contributed by atoms with E-state index in [0.29, 0.717) is 16.7 Å². The molecule has 0 saturated carbocycles. The van der Waals surface area contributed by atoms with Gasteiger partial charge < -0.3 is 9.47 Å². The molecule has 0 aliphatic rings. The van der Waals surface area contributed by atoms with Gasteiger partial charge in [-0.05, 0) is 24.6 Å². The first-order chi connectivity index (χ1) is 12.7. The number of carbonyl (C=O) groups excluding carboxylic acids is 1. The zero-order valence-corrected chi connectivity index (χ0v) is 14.4. The van der Waals surface area contributed by atoms with Gasteiger partial charge in [0.05, 0.1) is 18.5 Å². The van der Waals surface area contributed by atoms with Crippen LogP contribution in [0.15, 0.2) is 54.6 Å². The Morgan fingerprint density at radius 2 is 1.81 bits per heavy atom. The molecule has 0 unspecified atom stereocenters. The number of nitrogens with one attached hydrogen (secondary N) is 2. The molecule has 0 fully saturated rings. The zero-order valence-electron chi connectivity index (χ0n) is 14.4. The monoisotopic (exact) mass is 349 g/mol. The lowest BCUT2D eigenvalue weighted by atomic mass is 10.1. The third-order valence-corrected chi connectivity index (χ3v) is 3.95. The van der Waals surface area contributed by atoms with Crippen LogP contribution in [0.25, 0.3) is 10.9 Å². The van der Waals surface area contributed by atoms with Gasteiger partial charge in [0.15, 0.2) is 0 Å². The average molecular weight is 349 g/mol. The number of para-hydroxylation sites is 1. The normalized spacial score (nSPS) is 10.5. The van der Waals surface area contributed by atoms with E-state index in [9.17, 15) is 4.79 Å². The maximum atomic E-state index is 12.5. The summed E-state index contributed by atoms with van der Waals surface area (Å²) in [4.78, 5) is 12.5. The first-order valence-corrected chi connectivity index (χ1v) is 8.23. The molecule has 0 aliphatic heterocycles. The largest absolute Gasteiger partial charge is 0.487 e. The molecule has 0 atom stereocenters. The van der Waals surface area contributed by atoms with Gasteiger partial charge >= 0.3 is 5.97 Å². The van der Waals surface area contributed by atoms with Crippen molar-refractivity contribution in [1.82, 2.24) is 4.57 Å². The Morgan fingerprint density at radius 1 is 1.12 bits per heavy atom. The summed E-state index contributed by atoms with van der Waals surface area (Å²) in [6.45, 7) is 2.15. The number of fused-ring (bicyclic) bond motifs is 1. The van der Waals surface area contributed by atoms with Crippen molar-refractivity contribution in [2.75, 3.05) is 6.61 Å². The zero-order chi connectivity index (χ0) is 18.5. The Labute approximate surface area is 150 Å². The highest BCUT2D eigenvalue weighted by Gasteiger charge is 2.22. The summed E-state index contributed by atoms with van der Waals surface area (Å²) in [5.74, 6) is -0.340. The topological polar surface area (TPSA) is 88.2 Å². The Balaban J connectivity index is 2.20. The van der Waals surface area contributed by atoms with E-state index < -0.39 is 5.97 Å². The van der Waals surface area contributed by atoms with Gasteiger partial charge in [0.25, 0.3) is 0 Å². The number of esters is 1. The van der Waals surface area contributed by atoms with Crippen LogP contribution in [0.3, 0.4) is 0 Å².